The number of sulfone groups is 1. The van der Waals surface area contributed by atoms with Gasteiger partial charge in [0.2, 0.25) is 0 Å². The number of hydrogen-bond acceptors (Lipinski definition) is 4. The van der Waals surface area contributed by atoms with Crippen LogP contribution in [0.15, 0.2) is 23.1 Å². The summed E-state index contributed by atoms with van der Waals surface area (Å²) >= 11 is 11.7. The molecule has 0 amide bonds. The van der Waals surface area contributed by atoms with E-state index in [1.807, 2.05) is 0 Å². The van der Waals surface area contributed by atoms with Crippen LogP contribution in [0.1, 0.15) is 13.8 Å². The number of methoxy groups -OCH3 is 1. The minimum absolute atomic E-state index is 0.0771. The van der Waals surface area contributed by atoms with Gasteiger partial charge < -0.3 is 4.74 Å². The fraction of sp³-hybridized carbons (Fsp3) is 0.417. The summed E-state index contributed by atoms with van der Waals surface area (Å²) in [4.78, 5) is 11.4. The Hall–Kier alpha value is -0.780. The van der Waals surface area contributed by atoms with E-state index in [0.717, 1.165) is 0 Å². The van der Waals surface area contributed by atoms with Crippen molar-refractivity contribution in [3.63, 3.8) is 0 Å². The monoisotopic (exact) mass is 324 g/mol. The van der Waals surface area contributed by atoms with E-state index in [1.165, 1.54) is 39.2 Å². The lowest BCUT2D eigenvalue weighted by Gasteiger charge is -2.19. The lowest BCUT2D eigenvalue weighted by Crippen LogP contribution is -2.31. The van der Waals surface area contributed by atoms with Crippen LogP contribution in [0.3, 0.4) is 0 Å². The van der Waals surface area contributed by atoms with Crippen LogP contribution in [0.25, 0.3) is 0 Å². The van der Waals surface area contributed by atoms with E-state index in [1.54, 1.807) is 0 Å². The Morgan fingerprint density at radius 3 is 2.37 bits per heavy atom. The van der Waals surface area contributed by atoms with Crippen LogP contribution < -0.4 is 0 Å². The van der Waals surface area contributed by atoms with Crippen molar-refractivity contribution < 1.29 is 17.9 Å². The first-order valence-electron chi connectivity index (χ1n) is 5.48. The maximum Gasteiger partial charge on any atom is 0.309 e. The Balaban J connectivity index is 3.24. The Morgan fingerprint density at radius 2 is 1.84 bits per heavy atom. The molecule has 1 aromatic carbocycles. The second-order valence-electron chi connectivity index (χ2n) is 4.14. The standard InChI is InChI=1S/C12H14Cl2O4S/c1-7(12(15)18-3)8(2)19(16,17)11-6-9(13)4-5-10(11)14/h4-8H,1-3H3. The van der Waals surface area contributed by atoms with Gasteiger partial charge in [-0.3, -0.25) is 4.79 Å². The van der Waals surface area contributed by atoms with E-state index in [2.05, 4.69) is 4.74 Å². The van der Waals surface area contributed by atoms with Crippen LogP contribution >= 0.6 is 23.2 Å². The van der Waals surface area contributed by atoms with E-state index in [-0.39, 0.29) is 14.9 Å². The summed E-state index contributed by atoms with van der Waals surface area (Å²) in [6.45, 7) is 2.93. The largest absolute Gasteiger partial charge is 0.469 e. The smallest absolute Gasteiger partial charge is 0.309 e. The van der Waals surface area contributed by atoms with Crippen molar-refractivity contribution in [3.8, 4) is 0 Å². The highest BCUT2D eigenvalue weighted by atomic mass is 35.5. The maximum absolute atomic E-state index is 12.4. The molecule has 0 aliphatic carbocycles. The van der Waals surface area contributed by atoms with Crippen molar-refractivity contribution in [2.45, 2.75) is 24.0 Å². The molecule has 0 saturated heterocycles. The van der Waals surface area contributed by atoms with E-state index in [0.29, 0.717) is 0 Å². The van der Waals surface area contributed by atoms with E-state index >= 15 is 0 Å². The van der Waals surface area contributed by atoms with E-state index in [4.69, 9.17) is 23.2 Å². The molecule has 0 N–H and O–H groups in total. The molecule has 0 radical (unpaired) electrons. The predicted octanol–water partition coefficient (Wildman–Crippen LogP) is 2.96. The van der Waals surface area contributed by atoms with Gasteiger partial charge in [-0.25, -0.2) is 8.42 Å². The molecule has 106 valence electrons. The van der Waals surface area contributed by atoms with Crippen molar-refractivity contribution in [1.29, 1.82) is 0 Å². The second-order valence-corrected chi connectivity index (χ2v) is 7.25. The normalized spacial score (nSPS) is 14.8. The average molecular weight is 325 g/mol. The molecule has 19 heavy (non-hydrogen) atoms. The minimum atomic E-state index is -3.76. The summed E-state index contributed by atoms with van der Waals surface area (Å²) < 4.78 is 29.4. The van der Waals surface area contributed by atoms with Gasteiger partial charge >= 0.3 is 5.97 Å². The molecule has 0 bridgehead atoms. The molecular weight excluding hydrogens is 311 g/mol. The Kier molecular flexibility index (Phi) is 5.24. The van der Waals surface area contributed by atoms with Crippen molar-refractivity contribution >= 4 is 39.0 Å². The van der Waals surface area contributed by atoms with Crippen LogP contribution in [0.4, 0.5) is 0 Å². The summed E-state index contributed by atoms with van der Waals surface area (Å²) in [7, 11) is -2.55. The van der Waals surface area contributed by atoms with E-state index < -0.39 is 27.0 Å². The molecule has 0 aliphatic rings. The molecule has 7 heteroatoms. The molecule has 0 heterocycles. The van der Waals surface area contributed by atoms with Gasteiger partial charge in [0.25, 0.3) is 0 Å². The summed E-state index contributed by atoms with van der Waals surface area (Å²) in [5, 5.41) is -0.620. The maximum atomic E-state index is 12.4. The molecule has 0 spiro atoms. The predicted molar refractivity (Wildman–Crippen MR) is 74.3 cm³/mol. The molecule has 2 atom stereocenters. The number of carbonyl (C=O) groups excluding carboxylic acids is 1. The van der Waals surface area contributed by atoms with Gasteiger partial charge in [0, 0.05) is 5.02 Å². The number of carbonyl (C=O) groups is 1. The van der Waals surface area contributed by atoms with Crippen LogP contribution in [0, 0.1) is 5.92 Å². The number of hydrogen-bond donors (Lipinski definition) is 0. The summed E-state index contributed by atoms with van der Waals surface area (Å²) in [6, 6.07) is 4.18. The molecule has 1 aromatic rings. The lowest BCUT2D eigenvalue weighted by molar-refractivity contribution is -0.144. The molecule has 0 saturated carbocycles. The topological polar surface area (TPSA) is 60.4 Å². The SMILES string of the molecule is COC(=O)C(C)C(C)S(=O)(=O)c1cc(Cl)ccc1Cl. The third kappa shape index (κ3) is 3.41. The summed E-state index contributed by atoms with van der Waals surface area (Å²) in [5.41, 5.74) is 0. The zero-order valence-corrected chi connectivity index (χ0v) is 13.0. The Morgan fingerprint density at radius 1 is 1.26 bits per heavy atom. The lowest BCUT2D eigenvalue weighted by atomic mass is 10.1. The number of halogens is 2. The first-order valence-corrected chi connectivity index (χ1v) is 7.78. The third-order valence-electron chi connectivity index (χ3n) is 2.97. The van der Waals surface area contributed by atoms with Gasteiger partial charge in [-0.2, -0.15) is 0 Å². The number of esters is 1. The zero-order valence-electron chi connectivity index (χ0n) is 10.7. The van der Waals surface area contributed by atoms with Crippen molar-refractivity contribution in [2.24, 2.45) is 5.92 Å². The van der Waals surface area contributed by atoms with Crippen molar-refractivity contribution in [1.82, 2.24) is 0 Å². The Bertz CT molecular complexity index is 583. The van der Waals surface area contributed by atoms with Gasteiger partial charge in [-0.1, -0.05) is 30.1 Å². The molecule has 4 nitrogen and oxygen atoms in total. The van der Waals surface area contributed by atoms with E-state index in [9.17, 15) is 13.2 Å². The van der Waals surface area contributed by atoms with Gasteiger partial charge in [0.15, 0.2) is 9.84 Å². The number of benzene rings is 1. The van der Waals surface area contributed by atoms with Crippen LogP contribution in [-0.4, -0.2) is 26.7 Å². The fourth-order valence-electron chi connectivity index (χ4n) is 1.54. The molecule has 0 aromatic heterocycles. The van der Waals surface area contributed by atoms with Crippen LogP contribution in [-0.2, 0) is 19.4 Å². The van der Waals surface area contributed by atoms with Gasteiger partial charge in [0.1, 0.15) is 0 Å². The first kappa shape index (κ1) is 16.3. The highest BCUT2D eigenvalue weighted by molar-refractivity contribution is 7.92. The number of ether oxygens (including phenoxy) is 1. The molecule has 0 fully saturated rings. The van der Waals surface area contributed by atoms with Crippen molar-refractivity contribution in [3.05, 3.63) is 28.2 Å². The molecule has 1 rings (SSSR count). The fourth-order valence-corrected chi connectivity index (χ4v) is 3.90. The summed E-state index contributed by atoms with van der Waals surface area (Å²) in [6.07, 6.45) is 0. The molecule has 2 unspecified atom stereocenters. The third-order valence-corrected chi connectivity index (χ3v) is 5.98. The zero-order chi connectivity index (χ0) is 14.8. The second kappa shape index (κ2) is 6.11. The highest BCUT2D eigenvalue weighted by Gasteiger charge is 2.34. The van der Waals surface area contributed by atoms with Gasteiger partial charge in [-0.15, -0.1) is 0 Å². The van der Waals surface area contributed by atoms with Crippen LogP contribution in [0.2, 0.25) is 10.0 Å². The number of rotatable bonds is 4. The summed E-state index contributed by atoms with van der Waals surface area (Å²) in [5.74, 6) is -1.39. The van der Waals surface area contributed by atoms with Gasteiger partial charge in [-0.05, 0) is 25.1 Å². The molecular formula is C12H14Cl2O4S. The highest BCUT2D eigenvalue weighted by Crippen LogP contribution is 2.30. The minimum Gasteiger partial charge on any atom is -0.469 e. The van der Waals surface area contributed by atoms with Crippen LogP contribution in [0.5, 0.6) is 0 Å². The van der Waals surface area contributed by atoms with Crippen molar-refractivity contribution in [2.75, 3.05) is 7.11 Å². The Labute approximate surface area is 122 Å². The molecule has 0 aliphatic heterocycles. The first-order chi connectivity index (χ1) is 8.71. The average Bonchev–Trinajstić information content (AvgIpc) is 2.38. The quantitative estimate of drug-likeness (QED) is 0.799. The van der Waals surface area contributed by atoms with Gasteiger partial charge in [0.05, 0.1) is 28.2 Å².